The van der Waals surface area contributed by atoms with Crippen LogP contribution in [-0.4, -0.2) is 9.38 Å². The first-order chi connectivity index (χ1) is 11.1. The first-order valence-electron chi connectivity index (χ1n) is 6.71. The lowest BCUT2D eigenvalue weighted by atomic mass is 10.1. The summed E-state index contributed by atoms with van der Waals surface area (Å²) in [6.07, 6.45) is 0. The maximum Gasteiger partial charge on any atom is 0.265 e. The van der Waals surface area contributed by atoms with E-state index < -0.39 is 0 Å². The van der Waals surface area contributed by atoms with E-state index in [1.807, 2.05) is 6.07 Å². The van der Waals surface area contributed by atoms with Gasteiger partial charge in [-0.25, -0.2) is 9.83 Å². The fourth-order valence-electron chi connectivity index (χ4n) is 2.70. The second-order valence-electron chi connectivity index (χ2n) is 5.05. The van der Waals surface area contributed by atoms with Crippen molar-refractivity contribution in [3.05, 3.63) is 73.7 Å². The number of benzene rings is 2. The van der Waals surface area contributed by atoms with E-state index in [0.717, 1.165) is 4.47 Å². The molecule has 2 heterocycles. The molecule has 0 radical (unpaired) electrons. The van der Waals surface area contributed by atoms with Gasteiger partial charge in [-0.3, -0.25) is 9.20 Å². The summed E-state index contributed by atoms with van der Waals surface area (Å²) >= 11 is 9.61. The molecule has 0 atom stereocenters. The summed E-state index contributed by atoms with van der Waals surface area (Å²) in [5.74, 6) is 0. The van der Waals surface area contributed by atoms with Crippen LogP contribution in [0, 0.1) is 6.57 Å². The molecule has 2 aromatic carbocycles. The van der Waals surface area contributed by atoms with Gasteiger partial charge in [-0.2, -0.15) is 0 Å². The van der Waals surface area contributed by atoms with Crippen LogP contribution in [0.1, 0.15) is 0 Å². The van der Waals surface area contributed by atoms with E-state index in [2.05, 4.69) is 25.8 Å². The quantitative estimate of drug-likeness (QED) is 0.244. The van der Waals surface area contributed by atoms with Crippen molar-refractivity contribution in [1.82, 2.24) is 9.38 Å². The van der Waals surface area contributed by atoms with E-state index in [1.54, 1.807) is 36.4 Å². The molecule has 0 saturated heterocycles. The van der Waals surface area contributed by atoms with E-state index in [-0.39, 0.29) is 5.56 Å². The zero-order valence-electron chi connectivity index (χ0n) is 11.5. The van der Waals surface area contributed by atoms with Gasteiger partial charge >= 0.3 is 0 Å². The maximum atomic E-state index is 13.0. The number of aromatic nitrogens is 2. The average Bonchev–Trinajstić information content (AvgIpc) is 2.55. The molecule has 0 aliphatic rings. The molecule has 0 saturated carbocycles. The molecule has 110 valence electrons. The normalized spacial score (nSPS) is 11.2. The summed E-state index contributed by atoms with van der Waals surface area (Å²) in [4.78, 5) is 21.0. The Labute approximate surface area is 143 Å². The smallest absolute Gasteiger partial charge is 0.265 e. The van der Waals surface area contributed by atoms with Gasteiger partial charge in [-0.1, -0.05) is 33.6 Å². The fourth-order valence-corrected chi connectivity index (χ4v) is 3.29. The number of hydrogen-bond donors (Lipinski definition) is 0. The van der Waals surface area contributed by atoms with Gasteiger partial charge in [0.05, 0.1) is 23.0 Å². The molecule has 6 heteroatoms. The number of fused-ring (bicyclic) bond motifs is 4. The van der Waals surface area contributed by atoms with Crippen molar-refractivity contribution >= 4 is 60.7 Å². The summed E-state index contributed by atoms with van der Waals surface area (Å²) in [7, 11) is 0. The van der Waals surface area contributed by atoms with Gasteiger partial charge in [0, 0.05) is 14.9 Å². The Kier molecular flexibility index (Phi) is 3.12. The van der Waals surface area contributed by atoms with Crippen molar-refractivity contribution in [2.24, 2.45) is 0 Å². The minimum absolute atomic E-state index is 0.218. The van der Waals surface area contributed by atoms with Crippen molar-refractivity contribution in [2.45, 2.75) is 0 Å². The van der Waals surface area contributed by atoms with Crippen LogP contribution >= 0.6 is 27.5 Å². The highest BCUT2D eigenvalue weighted by atomic mass is 79.9. The van der Waals surface area contributed by atoms with E-state index in [4.69, 9.17) is 18.2 Å². The van der Waals surface area contributed by atoms with Gasteiger partial charge in [0.25, 0.3) is 5.56 Å². The zero-order chi connectivity index (χ0) is 16.1. The summed E-state index contributed by atoms with van der Waals surface area (Å²) in [5.41, 5.74) is 1.62. The van der Waals surface area contributed by atoms with Gasteiger partial charge in [0.2, 0.25) is 5.69 Å². The van der Waals surface area contributed by atoms with Crippen LogP contribution in [0.4, 0.5) is 5.69 Å². The molecule has 4 nitrogen and oxygen atoms in total. The Morgan fingerprint density at radius 3 is 2.78 bits per heavy atom. The zero-order valence-corrected chi connectivity index (χ0v) is 13.9. The molecule has 0 amide bonds. The summed E-state index contributed by atoms with van der Waals surface area (Å²) in [6.45, 7) is 7.40. The standard InChI is InChI=1S/C17H7BrClN3O/c1-20-14-8-10-12(19)3-2-4-15(10)22-16(14)21-13-6-5-9(18)7-11(13)17(22)23/h2-8H. The second-order valence-corrected chi connectivity index (χ2v) is 6.37. The molecule has 4 aromatic rings. The molecule has 0 aliphatic heterocycles. The first kappa shape index (κ1) is 14.2. The second kappa shape index (κ2) is 5.05. The molecule has 0 fully saturated rings. The van der Waals surface area contributed by atoms with Gasteiger partial charge in [-0.05, 0) is 36.4 Å². The van der Waals surface area contributed by atoms with Crippen LogP contribution in [-0.2, 0) is 0 Å². The lowest BCUT2D eigenvalue weighted by Gasteiger charge is -2.10. The molecular weight excluding hydrogens is 378 g/mol. The summed E-state index contributed by atoms with van der Waals surface area (Å²) in [5, 5.41) is 1.64. The third kappa shape index (κ3) is 2.03. The minimum Gasteiger partial charge on any atom is -0.269 e. The third-order valence-electron chi connectivity index (χ3n) is 3.73. The van der Waals surface area contributed by atoms with Crippen molar-refractivity contribution in [1.29, 1.82) is 0 Å². The molecule has 0 bridgehead atoms. The molecule has 2 aromatic heterocycles. The number of hydrogen-bond acceptors (Lipinski definition) is 2. The largest absolute Gasteiger partial charge is 0.269 e. The highest BCUT2D eigenvalue weighted by Crippen LogP contribution is 2.30. The molecule has 0 N–H and O–H groups in total. The van der Waals surface area contributed by atoms with Gasteiger partial charge in [0.1, 0.15) is 5.65 Å². The lowest BCUT2D eigenvalue weighted by Crippen LogP contribution is -2.16. The minimum atomic E-state index is -0.218. The van der Waals surface area contributed by atoms with Crippen LogP contribution in [0.15, 0.2) is 51.7 Å². The van der Waals surface area contributed by atoms with E-state index in [1.165, 1.54) is 4.40 Å². The number of rotatable bonds is 0. The lowest BCUT2D eigenvalue weighted by molar-refractivity contribution is 1.13. The Bertz CT molecular complexity index is 1220. The van der Waals surface area contributed by atoms with Crippen molar-refractivity contribution in [3.8, 4) is 0 Å². The monoisotopic (exact) mass is 383 g/mol. The highest BCUT2D eigenvalue weighted by molar-refractivity contribution is 9.10. The van der Waals surface area contributed by atoms with Gasteiger partial charge < -0.3 is 0 Å². The Morgan fingerprint density at radius 1 is 1.17 bits per heavy atom. The molecular formula is C17H7BrClN3O. The van der Waals surface area contributed by atoms with Crippen LogP contribution < -0.4 is 5.56 Å². The summed E-state index contributed by atoms with van der Waals surface area (Å²) < 4.78 is 2.26. The number of halogens is 2. The third-order valence-corrected chi connectivity index (χ3v) is 4.55. The van der Waals surface area contributed by atoms with Crippen molar-refractivity contribution in [2.75, 3.05) is 0 Å². The molecule has 4 rings (SSSR count). The Balaban J connectivity index is 2.39. The van der Waals surface area contributed by atoms with E-state index >= 15 is 0 Å². The predicted octanol–water partition coefficient (Wildman–Crippen LogP) is 4.97. The van der Waals surface area contributed by atoms with Crippen LogP contribution in [0.2, 0.25) is 5.02 Å². The van der Waals surface area contributed by atoms with Crippen LogP contribution in [0.25, 0.3) is 32.3 Å². The SMILES string of the molecule is [C-]#[N+]c1cc2c(Cl)cccc2n2c(=O)c3cc(Br)ccc3nc12. The topological polar surface area (TPSA) is 38.7 Å². The van der Waals surface area contributed by atoms with Crippen LogP contribution in [0.3, 0.4) is 0 Å². The Hall–Kier alpha value is -2.42. The van der Waals surface area contributed by atoms with Crippen molar-refractivity contribution < 1.29 is 0 Å². The molecule has 0 unspecified atom stereocenters. The van der Waals surface area contributed by atoms with Gasteiger partial charge in [0.15, 0.2) is 0 Å². The molecule has 0 spiro atoms. The number of pyridine rings is 1. The fraction of sp³-hybridized carbons (Fsp3) is 0. The average molecular weight is 385 g/mol. The highest BCUT2D eigenvalue weighted by Gasteiger charge is 2.14. The van der Waals surface area contributed by atoms with Crippen molar-refractivity contribution in [3.63, 3.8) is 0 Å². The first-order valence-corrected chi connectivity index (χ1v) is 7.88. The molecule has 0 aliphatic carbocycles. The number of nitrogens with zero attached hydrogens (tertiary/aromatic N) is 3. The predicted molar refractivity (Wildman–Crippen MR) is 95.4 cm³/mol. The van der Waals surface area contributed by atoms with Crippen LogP contribution in [0.5, 0.6) is 0 Å². The van der Waals surface area contributed by atoms with Gasteiger partial charge in [-0.15, -0.1) is 0 Å². The Morgan fingerprint density at radius 2 is 2.00 bits per heavy atom. The van der Waals surface area contributed by atoms with E-state index in [0.29, 0.717) is 38.2 Å². The summed E-state index contributed by atoms with van der Waals surface area (Å²) in [6, 6.07) is 12.3. The maximum absolute atomic E-state index is 13.0. The van der Waals surface area contributed by atoms with E-state index in [9.17, 15) is 4.79 Å². The molecule has 23 heavy (non-hydrogen) atoms.